The molecule has 7 nitrogen and oxygen atoms in total. The molecule has 1 aromatic carbocycles. The van der Waals surface area contributed by atoms with Crippen molar-refractivity contribution in [1.29, 1.82) is 0 Å². The molecule has 2 aromatic rings. The lowest BCUT2D eigenvalue weighted by molar-refractivity contribution is -0.133. The summed E-state index contributed by atoms with van der Waals surface area (Å²) in [5.74, 6) is -1.19. The Bertz CT molecular complexity index is 627. The number of hydrogen-bond acceptors (Lipinski definition) is 5. The Kier molecular flexibility index (Phi) is 4.36. The number of rotatable bonds is 6. The van der Waals surface area contributed by atoms with Crippen molar-refractivity contribution in [2.75, 3.05) is 5.75 Å². The maximum atomic E-state index is 11.2. The molecule has 20 heavy (non-hydrogen) atoms. The molecule has 8 heteroatoms. The van der Waals surface area contributed by atoms with Crippen LogP contribution < -0.4 is 5.73 Å². The van der Waals surface area contributed by atoms with Gasteiger partial charge in [-0.3, -0.25) is 14.2 Å². The van der Waals surface area contributed by atoms with Gasteiger partial charge >= 0.3 is 5.97 Å². The average molecular weight is 292 g/mol. The zero-order valence-corrected chi connectivity index (χ0v) is 11.2. The van der Waals surface area contributed by atoms with E-state index >= 15 is 0 Å². The largest absolute Gasteiger partial charge is 0.481 e. The second-order valence-corrected chi connectivity index (χ2v) is 4.85. The summed E-state index contributed by atoms with van der Waals surface area (Å²) in [4.78, 5) is 21.8. The number of carbonyl (C=O) groups excluding carboxylic acids is 1. The van der Waals surface area contributed by atoms with E-state index in [4.69, 9.17) is 10.8 Å². The number of aromatic nitrogens is 3. The first-order valence-corrected chi connectivity index (χ1v) is 6.68. The van der Waals surface area contributed by atoms with E-state index in [0.717, 1.165) is 17.3 Å². The van der Waals surface area contributed by atoms with Gasteiger partial charge in [-0.25, -0.2) is 0 Å². The van der Waals surface area contributed by atoms with Crippen molar-refractivity contribution in [3.05, 3.63) is 30.3 Å². The minimum absolute atomic E-state index is 0.0980. The number of primary amides is 1. The highest BCUT2D eigenvalue weighted by Crippen LogP contribution is 2.23. The summed E-state index contributed by atoms with van der Waals surface area (Å²) in [6.07, 6.45) is 0. The summed E-state index contributed by atoms with van der Waals surface area (Å²) in [5.41, 5.74) is 6.00. The lowest BCUT2D eigenvalue weighted by Crippen LogP contribution is -2.20. The first-order valence-electron chi connectivity index (χ1n) is 5.69. The van der Waals surface area contributed by atoms with Gasteiger partial charge < -0.3 is 10.8 Å². The Labute approximate surface area is 118 Å². The lowest BCUT2D eigenvalue weighted by Gasteiger charge is -2.07. The molecule has 1 amide bonds. The van der Waals surface area contributed by atoms with Crippen LogP contribution in [0.15, 0.2) is 35.5 Å². The maximum Gasteiger partial charge on any atom is 0.313 e. The van der Waals surface area contributed by atoms with Gasteiger partial charge in [0.2, 0.25) is 5.91 Å². The third kappa shape index (κ3) is 3.35. The van der Waals surface area contributed by atoms with Crippen molar-refractivity contribution in [2.45, 2.75) is 11.7 Å². The number of nitrogens with zero attached hydrogens (tertiary/aromatic N) is 3. The molecule has 3 N–H and O–H groups in total. The third-order valence-electron chi connectivity index (χ3n) is 2.39. The van der Waals surface area contributed by atoms with Gasteiger partial charge in [0.15, 0.2) is 11.0 Å². The van der Waals surface area contributed by atoms with Crippen molar-refractivity contribution >= 4 is 23.6 Å². The zero-order chi connectivity index (χ0) is 14.5. The molecule has 104 valence electrons. The number of nitrogens with two attached hydrogens (primary N) is 1. The van der Waals surface area contributed by atoms with Gasteiger partial charge in [-0.05, 0) is 0 Å². The maximum absolute atomic E-state index is 11.2. The second kappa shape index (κ2) is 6.20. The standard InChI is InChI=1S/C12H12N4O3S/c13-9(17)6-16-11(8-4-2-1-3-5-8)14-15-12(16)20-7-10(18)19/h1-5H,6-7H2,(H2,13,17)(H,18,19). The van der Waals surface area contributed by atoms with Crippen molar-refractivity contribution in [3.63, 3.8) is 0 Å². The van der Waals surface area contributed by atoms with E-state index in [9.17, 15) is 9.59 Å². The molecule has 0 aliphatic carbocycles. The lowest BCUT2D eigenvalue weighted by atomic mass is 10.2. The minimum atomic E-state index is -0.968. The molecule has 2 rings (SSSR count). The highest BCUT2D eigenvalue weighted by atomic mass is 32.2. The van der Waals surface area contributed by atoms with E-state index in [1.54, 1.807) is 0 Å². The number of carbonyl (C=O) groups is 2. The molecule has 0 saturated heterocycles. The summed E-state index contributed by atoms with van der Waals surface area (Å²) in [7, 11) is 0. The molecule has 0 saturated carbocycles. The summed E-state index contributed by atoms with van der Waals surface area (Å²) in [6, 6.07) is 9.18. The van der Waals surface area contributed by atoms with E-state index in [2.05, 4.69) is 10.2 Å². The molecule has 0 radical (unpaired) electrons. The fraction of sp³-hybridized carbons (Fsp3) is 0.167. The molecule has 0 spiro atoms. The summed E-state index contributed by atoms with van der Waals surface area (Å²) < 4.78 is 1.52. The summed E-state index contributed by atoms with van der Waals surface area (Å²) >= 11 is 0.995. The average Bonchev–Trinajstić information content (AvgIpc) is 2.79. The van der Waals surface area contributed by atoms with Gasteiger partial charge in [0.05, 0.1) is 5.75 Å². The molecule has 0 aliphatic rings. The smallest absolute Gasteiger partial charge is 0.313 e. The van der Waals surface area contributed by atoms with Gasteiger partial charge in [0, 0.05) is 5.56 Å². The van der Waals surface area contributed by atoms with Gasteiger partial charge in [0.25, 0.3) is 0 Å². The zero-order valence-electron chi connectivity index (χ0n) is 10.4. The van der Waals surface area contributed by atoms with Crippen LogP contribution >= 0.6 is 11.8 Å². The molecule has 0 aliphatic heterocycles. The Morgan fingerprint density at radius 1 is 1.25 bits per heavy atom. The van der Waals surface area contributed by atoms with Crippen LogP contribution in [0, 0.1) is 0 Å². The van der Waals surface area contributed by atoms with E-state index < -0.39 is 11.9 Å². The van der Waals surface area contributed by atoms with E-state index in [1.807, 2.05) is 30.3 Å². The van der Waals surface area contributed by atoms with Crippen LogP contribution in [-0.4, -0.2) is 37.5 Å². The summed E-state index contributed by atoms with van der Waals surface area (Å²) in [6.45, 7) is -0.0980. The predicted octanol–water partition coefficient (Wildman–Crippen LogP) is 0.607. The number of carboxylic acids is 1. The molecule has 0 bridgehead atoms. The van der Waals surface area contributed by atoms with Crippen LogP contribution in [-0.2, 0) is 16.1 Å². The SMILES string of the molecule is NC(=O)Cn1c(SCC(=O)O)nnc1-c1ccccc1. The molecular weight excluding hydrogens is 280 g/mol. The molecular formula is C12H12N4O3S. The van der Waals surface area contributed by atoms with E-state index in [-0.39, 0.29) is 12.3 Å². The van der Waals surface area contributed by atoms with Gasteiger partial charge in [-0.2, -0.15) is 0 Å². The van der Waals surface area contributed by atoms with Crippen LogP contribution in [0.5, 0.6) is 0 Å². The van der Waals surface area contributed by atoms with E-state index in [1.165, 1.54) is 4.57 Å². The second-order valence-electron chi connectivity index (χ2n) is 3.91. The van der Waals surface area contributed by atoms with Crippen LogP contribution in [0.3, 0.4) is 0 Å². The van der Waals surface area contributed by atoms with Crippen LogP contribution in [0.4, 0.5) is 0 Å². The predicted molar refractivity (Wildman–Crippen MR) is 73.0 cm³/mol. The van der Waals surface area contributed by atoms with E-state index in [0.29, 0.717) is 11.0 Å². The minimum Gasteiger partial charge on any atom is -0.481 e. The molecule has 0 atom stereocenters. The number of hydrogen-bond donors (Lipinski definition) is 2. The highest BCUT2D eigenvalue weighted by Gasteiger charge is 2.16. The normalized spacial score (nSPS) is 10.4. The number of carboxylic acid groups (broad SMARTS) is 1. The quantitative estimate of drug-likeness (QED) is 0.754. The van der Waals surface area contributed by atoms with Crippen LogP contribution in [0.25, 0.3) is 11.4 Å². The monoisotopic (exact) mass is 292 g/mol. The Balaban J connectivity index is 2.37. The van der Waals surface area contributed by atoms with Crippen LogP contribution in [0.1, 0.15) is 0 Å². The first kappa shape index (κ1) is 14.1. The van der Waals surface area contributed by atoms with Crippen LogP contribution in [0.2, 0.25) is 0 Å². The Hall–Kier alpha value is -2.35. The van der Waals surface area contributed by atoms with Gasteiger partial charge in [-0.15, -0.1) is 10.2 Å². The molecule has 0 fully saturated rings. The fourth-order valence-corrected chi connectivity index (χ4v) is 2.28. The number of amides is 1. The first-order chi connectivity index (χ1) is 9.58. The van der Waals surface area contributed by atoms with Crippen molar-refractivity contribution in [1.82, 2.24) is 14.8 Å². The Morgan fingerprint density at radius 3 is 2.55 bits per heavy atom. The number of aliphatic carboxylic acids is 1. The topological polar surface area (TPSA) is 111 Å². The van der Waals surface area contributed by atoms with Crippen molar-refractivity contribution < 1.29 is 14.7 Å². The molecule has 1 aromatic heterocycles. The molecule has 1 heterocycles. The third-order valence-corrected chi connectivity index (χ3v) is 3.34. The Morgan fingerprint density at radius 2 is 1.95 bits per heavy atom. The van der Waals surface area contributed by atoms with Gasteiger partial charge in [-0.1, -0.05) is 42.1 Å². The number of benzene rings is 1. The summed E-state index contributed by atoms with van der Waals surface area (Å²) in [5, 5.41) is 17.0. The highest BCUT2D eigenvalue weighted by molar-refractivity contribution is 7.99. The number of thioether (sulfide) groups is 1. The fourth-order valence-electron chi connectivity index (χ4n) is 1.62. The van der Waals surface area contributed by atoms with Crippen molar-refractivity contribution in [2.24, 2.45) is 5.73 Å². The molecule has 0 unspecified atom stereocenters. The van der Waals surface area contributed by atoms with Crippen molar-refractivity contribution in [3.8, 4) is 11.4 Å². The van der Waals surface area contributed by atoms with Gasteiger partial charge in [0.1, 0.15) is 6.54 Å².